The van der Waals surface area contributed by atoms with Crippen LogP contribution in [0.15, 0.2) is 152 Å². The lowest BCUT2D eigenvalue weighted by Gasteiger charge is -2.21. The Balaban J connectivity index is 1.26. The van der Waals surface area contributed by atoms with Crippen LogP contribution in [-0.4, -0.2) is 9.13 Å². The normalized spacial score (nSPS) is 12.8. The van der Waals surface area contributed by atoms with Gasteiger partial charge in [-0.2, -0.15) is 23.7 Å². The van der Waals surface area contributed by atoms with Crippen LogP contribution in [-0.2, 0) is 19.0 Å². The number of halogens is 3. The Bertz CT molecular complexity index is 3430. The van der Waals surface area contributed by atoms with Crippen LogP contribution in [0.5, 0.6) is 0 Å². The topological polar surface area (TPSA) is 57.4 Å². The molecule has 0 saturated carbocycles. The third-order valence-corrected chi connectivity index (χ3v) is 12.7. The number of nitriles is 2. The lowest BCUT2D eigenvalue weighted by Crippen LogP contribution is -2.10. The van der Waals surface area contributed by atoms with E-state index in [0.29, 0.717) is 29.8 Å². The van der Waals surface area contributed by atoms with Crippen molar-refractivity contribution in [2.24, 2.45) is 0 Å². The molecule has 0 saturated heterocycles. The maximum Gasteiger partial charge on any atom is 0.417 e. The summed E-state index contributed by atoms with van der Waals surface area (Å²) in [5.74, 6) is 0. The van der Waals surface area contributed by atoms with Crippen molar-refractivity contribution in [3.8, 4) is 56.9 Å². The molecule has 282 valence electrons. The minimum Gasteiger partial charge on any atom is -0.307 e. The second kappa shape index (κ2) is 12.3. The van der Waals surface area contributed by atoms with E-state index in [1.165, 1.54) is 23.3 Å². The summed E-state index contributed by atoms with van der Waals surface area (Å²) in [6, 6.07) is 53.0. The molecule has 0 atom stereocenters. The highest BCUT2D eigenvalue weighted by Crippen LogP contribution is 2.49. The highest BCUT2D eigenvalue weighted by atomic mass is 19.4. The Morgan fingerprint density at radius 1 is 0.467 bits per heavy atom. The van der Waals surface area contributed by atoms with E-state index in [1.807, 2.05) is 66.7 Å². The zero-order valence-electron chi connectivity index (χ0n) is 31.8. The van der Waals surface area contributed by atoms with Gasteiger partial charge in [-0.3, -0.25) is 0 Å². The number of hydrogen-bond acceptors (Lipinski definition) is 2. The van der Waals surface area contributed by atoms with Crippen LogP contribution in [0, 0.1) is 22.7 Å². The van der Waals surface area contributed by atoms with Crippen LogP contribution in [0.2, 0.25) is 0 Å². The van der Waals surface area contributed by atoms with Crippen molar-refractivity contribution in [2.45, 2.75) is 19.0 Å². The standard InChI is InChI=1S/C53H29F3N4/c54-53(55,56)46-23-30(28-57)17-18-36(46)33-26-49(59-47-15-7-5-13-39(47)41-21-19-37-34-11-3-1-9-31(34)24-43(37)51(41)59)45(29-58)50(27-33)60-48-16-8-6-14-40(48)42-22-20-38-35-12-4-2-10-32(35)25-44(38)52(42)60/h1-23,26-27H,24-25H2. The van der Waals surface area contributed by atoms with E-state index >= 15 is 13.2 Å². The third kappa shape index (κ3) is 4.66. The first-order valence-corrected chi connectivity index (χ1v) is 19.8. The molecule has 0 amide bonds. The van der Waals surface area contributed by atoms with Crippen LogP contribution < -0.4 is 0 Å². The van der Waals surface area contributed by atoms with Gasteiger partial charge in [0, 0.05) is 34.4 Å². The van der Waals surface area contributed by atoms with E-state index in [9.17, 15) is 10.5 Å². The summed E-state index contributed by atoms with van der Waals surface area (Å²) in [5, 5.41) is 25.2. The molecule has 7 heteroatoms. The molecule has 2 aliphatic rings. The van der Waals surface area contributed by atoms with E-state index in [4.69, 9.17) is 0 Å². The minimum atomic E-state index is -4.77. The van der Waals surface area contributed by atoms with Crippen LogP contribution in [0.4, 0.5) is 13.2 Å². The molecular weight excluding hydrogens is 750 g/mol. The fraction of sp³-hybridized carbons (Fsp3) is 0.0566. The third-order valence-electron chi connectivity index (χ3n) is 12.7. The van der Waals surface area contributed by atoms with E-state index in [1.54, 1.807) is 12.1 Å². The Morgan fingerprint density at radius 2 is 0.950 bits per heavy atom. The van der Waals surface area contributed by atoms with Crippen molar-refractivity contribution in [1.82, 2.24) is 9.13 Å². The Hall–Kier alpha value is -7.87. The second-order valence-corrected chi connectivity index (χ2v) is 15.7. The molecule has 0 radical (unpaired) electrons. The highest BCUT2D eigenvalue weighted by Gasteiger charge is 2.35. The lowest BCUT2D eigenvalue weighted by atomic mass is 9.94. The summed E-state index contributed by atoms with van der Waals surface area (Å²) >= 11 is 0. The van der Waals surface area contributed by atoms with Gasteiger partial charge in [-0.25, -0.2) is 0 Å². The average Bonchev–Trinajstić information content (AvgIpc) is 4.03. The summed E-state index contributed by atoms with van der Waals surface area (Å²) in [6.07, 6.45) is -3.43. The predicted molar refractivity (Wildman–Crippen MR) is 231 cm³/mol. The van der Waals surface area contributed by atoms with Crippen LogP contribution >= 0.6 is 0 Å². The van der Waals surface area contributed by atoms with Gasteiger partial charge >= 0.3 is 6.18 Å². The summed E-state index contributed by atoms with van der Waals surface area (Å²) < 4.78 is 49.7. The molecule has 2 heterocycles. The van der Waals surface area contributed by atoms with Gasteiger partial charge in [0.1, 0.15) is 11.6 Å². The quantitative estimate of drug-likeness (QED) is 0.179. The minimum absolute atomic E-state index is 0.0784. The van der Waals surface area contributed by atoms with E-state index in [-0.39, 0.29) is 16.7 Å². The number of benzene rings is 8. The SMILES string of the molecule is N#Cc1ccc(-c2cc(-n3c4ccccc4c4ccc5c(c43)Cc3ccccc3-5)c(C#N)c(-n3c4ccccc4c4ccc5c(c43)Cc3ccccc3-5)c2)c(C(F)(F)F)c1. The van der Waals surface area contributed by atoms with Gasteiger partial charge in [0.2, 0.25) is 0 Å². The molecule has 12 rings (SSSR count). The van der Waals surface area contributed by atoms with Gasteiger partial charge in [0.05, 0.1) is 50.6 Å². The summed E-state index contributed by atoms with van der Waals surface area (Å²) in [7, 11) is 0. The number of nitrogens with zero attached hydrogens (tertiary/aromatic N) is 4. The van der Waals surface area contributed by atoms with Crippen molar-refractivity contribution >= 4 is 43.6 Å². The van der Waals surface area contributed by atoms with Gasteiger partial charge in [-0.1, -0.05) is 115 Å². The molecule has 0 fully saturated rings. The lowest BCUT2D eigenvalue weighted by molar-refractivity contribution is -0.137. The van der Waals surface area contributed by atoms with Gasteiger partial charge in [-0.05, 0) is 92.0 Å². The Kier molecular flexibility index (Phi) is 7.02. The molecule has 4 nitrogen and oxygen atoms in total. The molecule has 0 unspecified atom stereocenters. The molecule has 0 N–H and O–H groups in total. The maximum absolute atomic E-state index is 15.2. The highest BCUT2D eigenvalue weighted by molar-refractivity contribution is 6.14. The first-order valence-electron chi connectivity index (χ1n) is 19.8. The molecule has 0 spiro atoms. The number of para-hydroxylation sites is 2. The van der Waals surface area contributed by atoms with Gasteiger partial charge in [0.15, 0.2) is 0 Å². The summed E-state index contributed by atoms with van der Waals surface area (Å²) in [4.78, 5) is 0. The second-order valence-electron chi connectivity index (χ2n) is 15.7. The Labute approximate surface area is 341 Å². The van der Waals surface area contributed by atoms with Crippen LogP contribution in [0.3, 0.4) is 0 Å². The molecular formula is C53H29F3N4. The van der Waals surface area contributed by atoms with Crippen molar-refractivity contribution in [1.29, 1.82) is 10.5 Å². The van der Waals surface area contributed by atoms with E-state index < -0.39 is 11.7 Å². The average molecular weight is 779 g/mol. The van der Waals surface area contributed by atoms with Gasteiger partial charge in [-0.15, -0.1) is 0 Å². The summed E-state index contributed by atoms with van der Waals surface area (Å²) in [6.45, 7) is 0. The number of alkyl halides is 3. The van der Waals surface area contributed by atoms with Crippen molar-refractivity contribution < 1.29 is 13.2 Å². The van der Waals surface area contributed by atoms with Crippen LogP contribution in [0.25, 0.3) is 88.4 Å². The Morgan fingerprint density at radius 3 is 1.45 bits per heavy atom. The smallest absolute Gasteiger partial charge is 0.307 e. The molecule has 2 aliphatic carbocycles. The fourth-order valence-corrected chi connectivity index (χ4v) is 10.2. The monoisotopic (exact) mass is 778 g/mol. The number of fused-ring (bicyclic) bond motifs is 14. The van der Waals surface area contributed by atoms with Crippen molar-refractivity contribution in [3.63, 3.8) is 0 Å². The van der Waals surface area contributed by atoms with Gasteiger partial charge < -0.3 is 9.13 Å². The fourth-order valence-electron chi connectivity index (χ4n) is 10.2. The maximum atomic E-state index is 15.2. The molecule has 2 aromatic heterocycles. The molecule has 10 aromatic rings. The zero-order valence-corrected chi connectivity index (χ0v) is 31.8. The number of rotatable bonds is 3. The predicted octanol–water partition coefficient (Wildman–Crippen LogP) is 13.5. The zero-order chi connectivity index (χ0) is 40.4. The first kappa shape index (κ1) is 34.2. The van der Waals surface area contributed by atoms with E-state index in [0.717, 1.165) is 83.1 Å². The molecule has 8 aromatic carbocycles. The summed E-state index contributed by atoms with van der Waals surface area (Å²) in [5.41, 5.74) is 13.1. The molecule has 0 bridgehead atoms. The van der Waals surface area contributed by atoms with E-state index in [2.05, 4.69) is 75.9 Å². The van der Waals surface area contributed by atoms with Crippen molar-refractivity contribution in [2.75, 3.05) is 0 Å². The number of hydrogen-bond donors (Lipinski definition) is 0. The first-order chi connectivity index (χ1) is 29.3. The molecule has 60 heavy (non-hydrogen) atoms. The van der Waals surface area contributed by atoms with Crippen molar-refractivity contribution in [3.05, 3.63) is 191 Å². The molecule has 0 aliphatic heterocycles. The largest absolute Gasteiger partial charge is 0.417 e. The van der Waals surface area contributed by atoms with Crippen LogP contribution in [0.1, 0.15) is 38.9 Å². The number of aromatic nitrogens is 2. The van der Waals surface area contributed by atoms with Gasteiger partial charge in [0.25, 0.3) is 0 Å².